The van der Waals surface area contributed by atoms with Crippen LogP contribution in [0, 0.1) is 0 Å². The Morgan fingerprint density at radius 3 is 1.43 bits per heavy atom. The molecule has 0 bridgehead atoms. The summed E-state index contributed by atoms with van der Waals surface area (Å²) in [6, 6.07) is 15.5. The van der Waals surface area contributed by atoms with Gasteiger partial charge >= 0.3 is 29.0 Å². The Kier molecular flexibility index (Phi) is 9.95. The predicted octanol–water partition coefficient (Wildman–Crippen LogP) is 4.06. The van der Waals surface area contributed by atoms with E-state index in [1.54, 1.807) is 0 Å². The van der Waals surface area contributed by atoms with Gasteiger partial charge in [-0.05, 0) is 13.8 Å². The molecule has 0 spiro atoms. The van der Waals surface area contributed by atoms with E-state index in [0.29, 0.717) is 0 Å². The van der Waals surface area contributed by atoms with Gasteiger partial charge in [-0.25, -0.2) is 24.3 Å². The molecular formula is C18H22FeO4. The molecule has 0 saturated carbocycles. The van der Waals surface area contributed by atoms with Gasteiger partial charge in [-0.3, -0.25) is 9.59 Å². The van der Waals surface area contributed by atoms with Gasteiger partial charge in [0.15, 0.2) is 0 Å². The zero-order valence-corrected chi connectivity index (χ0v) is 14.9. The van der Waals surface area contributed by atoms with Gasteiger partial charge in [0.25, 0.3) is 0 Å². The van der Waals surface area contributed by atoms with Crippen molar-refractivity contribution in [3.05, 3.63) is 59.7 Å². The van der Waals surface area contributed by atoms with Crippen LogP contribution < -0.4 is 0 Å². The van der Waals surface area contributed by atoms with Gasteiger partial charge in [-0.2, -0.15) is 24.3 Å². The van der Waals surface area contributed by atoms with E-state index in [1.807, 2.05) is 62.4 Å². The van der Waals surface area contributed by atoms with E-state index in [-0.39, 0.29) is 41.2 Å². The minimum atomic E-state index is -0.237. The first kappa shape index (κ1) is 21.2. The summed E-state index contributed by atoms with van der Waals surface area (Å²) < 4.78 is 9.91. The fraction of sp³-hybridized carbons (Fsp3) is 0.333. The van der Waals surface area contributed by atoms with Crippen molar-refractivity contribution < 1.29 is 36.1 Å². The first-order valence-electron chi connectivity index (χ1n) is 7.17. The Bertz CT molecular complexity index is 506. The van der Waals surface area contributed by atoms with Crippen molar-refractivity contribution in [2.75, 3.05) is 0 Å². The fourth-order valence-electron chi connectivity index (χ4n) is 1.95. The van der Waals surface area contributed by atoms with Crippen LogP contribution in [-0.4, -0.2) is 11.9 Å². The first-order valence-corrected chi connectivity index (χ1v) is 7.17. The van der Waals surface area contributed by atoms with Crippen LogP contribution in [0.3, 0.4) is 0 Å². The topological polar surface area (TPSA) is 52.6 Å². The molecule has 23 heavy (non-hydrogen) atoms. The third-order valence-corrected chi connectivity index (χ3v) is 3.00. The summed E-state index contributed by atoms with van der Waals surface area (Å²) in [5, 5.41) is 0. The Morgan fingerprint density at radius 1 is 0.870 bits per heavy atom. The molecule has 0 amide bonds. The summed E-state index contributed by atoms with van der Waals surface area (Å²) in [6.45, 7) is 6.55. The van der Waals surface area contributed by atoms with E-state index in [1.165, 1.54) is 13.8 Å². The Morgan fingerprint density at radius 2 is 1.22 bits per heavy atom. The molecular weight excluding hydrogens is 336 g/mol. The number of carbonyl (C=O) groups excluding carboxylic acids is 2. The molecule has 0 aliphatic rings. The van der Waals surface area contributed by atoms with Crippen LogP contribution in [-0.2, 0) is 36.1 Å². The van der Waals surface area contributed by atoms with Crippen molar-refractivity contribution in [2.45, 2.75) is 39.9 Å². The largest absolute Gasteiger partial charge is 2.00 e. The number of hydrogen-bond donors (Lipinski definition) is 0. The molecule has 0 aliphatic carbocycles. The van der Waals surface area contributed by atoms with E-state index in [9.17, 15) is 9.59 Å². The fourth-order valence-corrected chi connectivity index (χ4v) is 1.95. The molecule has 0 fully saturated rings. The Hall–Kier alpha value is -1.84. The minimum absolute atomic E-state index is 0. The van der Waals surface area contributed by atoms with E-state index < -0.39 is 0 Å². The van der Waals surface area contributed by atoms with Crippen molar-refractivity contribution in [3.8, 4) is 0 Å². The summed E-state index contributed by atoms with van der Waals surface area (Å²) in [4.78, 5) is 21.1. The number of esters is 2. The minimum Gasteiger partial charge on any atom is -0.460 e. The Balaban J connectivity index is 0.000000403. The van der Waals surface area contributed by atoms with Gasteiger partial charge in [0, 0.05) is 13.8 Å². The standard InChI is InChI=1S/2C9H11O2.Fe/c2*1-7(11-8(2)10)9-5-3-4-6-9;/h2*3-7H,1-2H3;/q2*-1;+2/t2*7-;/m00./s1. The van der Waals surface area contributed by atoms with Crippen LogP contribution >= 0.6 is 0 Å². The van der Waals surface area contributed by atoms with Gasteiger partial charge in [-0.15, -0.1) is 11.1 Å². The third-order valence-electron chi connectivity index (χ3n) is 3.00. The van der Waals surface area contributed by atoms with E-state index in [2.05, 4.69) is 0 Å². The molecule has 0 radical (unpaired) electrons. The number of rotatable bonds is 4. The summed E-state index contributed by atoms with van der Waals surface area (Å²) in [5.74, 6) is -0.475. The molecule has 5 heteroatoms. The zero-order valence-electron chi connectivity index (χ0n) is 13.8. The molecule has 0 aliphatic heterocycles. The number of ether oxygens (including phenoxy) is 2. The number of carbonyl (C=O) groups is 2. The second-order valence-corrected chi connectivity index (χ2v) is 4.94. The molecule has 2 aromatic carbocycles. The number of hydrogen-bond acceptors (Lipinski definition) is 4. The summed E-state index contributed by atoms with van der Waals surface area (Å²) in [7, 11) is 0. The van der Waals surface area contributed by atoms with E-state index in [4.69, 9.17) is 9.47 Å². The molecule has 2 aromatic rings. The molecule has 0 N–H and O–H groups in total. The van der Waals surface area contributed by atoms with Gasteiger partial charge in [0.2, 0.25) is 0 Å². The smallest absolute Gasteiger partial charge is 0.460 e. The van der Waals surface area contributed by atoms with Gasteiger partial charge in [-0.1, -0.05) is 0 Å². The molecule has 0 unspecified atom stereocenters. The van der Waals surface area contributed by atoms with Crippen molar-refractivity contribution in [3.63, 3.8) is 0 Å². The van der Waals surface area contributed by atoms with Crippen LogP contribution in [0.2, 0.25) is 0 Å². The second-order valence-electron chi connectivity index (χ2n) is 4.94. The van der Waals surface area contributed by atoms with Gasteiger partial charge in [0.05, 0.1) is 0 Å². The third kappa shape index (κ3) is 8.38. The zero-order chi connectivity index (χ0) is 16.5. The maximum absolute atomic E-state index is 10.5. The molecule has 4 nitrogen and oxygen atoms in total. The molecule has 2 rings (SSSR count). The summed E-state index contributed by atoms with van der Waals surface area (Å²) >= 11 is 0. The van der Waals surface area contributed by atoms with Crippen LogP contribution in [0.15, 0.2) is 48.5 Å². The van der Waals surface area contributed by atoms with Crippen LogP contribution in [0.4, 0.5) is 0 Å². The maximum Gasteiger partial charge on any atom is 2.00 e. The van der Waals surface area contributed by atoms with Crippen LogP contribution in [0.5, 0.6) is 0 Å². The predicted molar refractivity (Wildman–Crippen MR) is 84.4 cm³/mol. The molecule has 2 atom stereocenters. The molecule has 0 aromatic heterocycles. The second kappa shape index (κ2) is 10.8. The van der Waals surface area contributed by atoms with Crippen LogP contribution in [0.1, 0.15) is 51.0 Å². The maximum atomic E-state index is 10.5. The first-order chi connectivity index (χ1) is 10.4. The van der Waals surface area contributed by atoms with Crippen LogP contribution in [0.25, 0.3) is 0 Å². The van der Waals surface area contributed by atoms with Crippen molar-refractivity contribution in [1.82, 2.24) is 0 Å². The normalized spacial score (nSPS) is 12.0. The molecule has 126 valence electrons. The molecule has 0 heterocycles. The quantitative estimate of drug-likeness (QED) is 0.470. The van der Waals surface area contributed by atoms with Crippen molar-refractivity contribution in [1.29, 1.82) is 0 Å². The summed E-state index contributed by atoms with van der Waals surface area (Å²) in [6.07, 6.45) is -0.245. The van der Waals surface area contributed by atoms with Gasteiger partial charge < -0.3 is 9.47 Å². The average molecular weight is 358 g/mol. The molecule has 0 saturated heterocycles. The summed E-state index contributed by atoms with van der Waals surface area (Å²) in [5.41, 5.74) is 2.08. The van der Waals surface area contributed by atoms with Crippen molar-refractivity contribution >= 4 is 11.9 Å². The van der Waals surface area contributed by atoms with Crippen molar-refractivity contribution in [2.24, 2.45) is 0 Å². The Labute approximate surface area is 148 Å². The van der Waals surface area contributed by atoms with E-state index >= 15 is 0 Å². The SMILES string of the molecule is CC(=O)O[C@@H](C)c1ccc[cH-]1.CC(=O)O[C@@H](C)c1ccc[cH-]1.[Fe+2]. The monoisotopic (exact) mass is 358 g/mol. The van der Waals surface area contributed by atoms with Gasteiger partial charge in [0.1, 0.15) is 12.2 Å². The average Bonchev–Trinajstić information content (AvgIpc) is 3.12. The van der Waals surface area contributed by atoms with E-state index in [0.717, 1.165) is 11.1 Å².